The quantitative estimate of drug-likeness (QED) is 0.731. The predicted molar refractivity (Wildman–Crippen MR) is 78.6 cm³/mol. The topological polar surface area (TPSA) is 0 Å². The third-order valence-electron chi connectivity index (χ3n) is 3.36. The second kappa shape index (κ2) is 5.86. The number of hydrogen-bond donors (Lipinski definition) is 0. The fourth-order valence-electron chi connectivity index (χ4n) is 2.05. The van der Waals surface area contributed by atoms with Crippen LogP contribution in [0.5, 0.6) is 0 Å². The summed E-state index contributed by atoms with van der Waals surface area (Å²) in [6.07, 6.45) is 4.38. The highest BCUT2D eigenvalue weighted by molar-refractivity contribution is 5.35. The third-order valence-corrected chi connectivity index (χ3v) is 3.36. The zero-order chi connectivity index (χ0) is 13.0. The van der Waals surface area contributed by atoms with E-state index in [2.05, 4.69) is 69.7 Å². The minimum Gasteiger partial charge on any atom is -0.0613 e. The molecule has 0 aliphatic rings. The Balaban J connectivity index is 2.07. The van der Waals surface area contributed by atoms with Crippen molar-refractivity contribution >= 4 is 0 Å². The highest BCUT2D eigenvalue weighted by atomic mass is 14.1. The molecular formula is C18H20. The van der Waals surface area contributed by atoms with Gasteiger partial charge in [0.2, 0.25) is 0 Å². The second-order valence-corrected chi connectivity index (χ2v) is 4.76. The number of rotatable bonds is 4. The van der Waals surface area contributed by atoms with Crippen LogP contribution in [0.1, 0.15) is 34.7 Å². The molecule has 0 saturated carbocycles. The lowest BCUT2D eigenvalue weighted by Gasteiger charge is -2.08. The average Bonchev–Trinajstić information content (AvgIpc) is 2.40. The summed E-state index contributed by atoms with van der Waals surface area (Å²) in [6, 6.07) is 15.1. The van der Waals surface area contributed by atoms with E-state index in [1.54, 1.807) is 0 Å². The van der Waals surface area contributed by atoms with E-state index in [0.29, 0.717) is 0 Å². The van der Waals surface area contributed by atoms with Crippen LogP contribution in [0.4, 0.5) is 0 Å². The first kappa shape index (κ1) is 12.9. The third kappa shape index (κ3) is 3.22. The number of hydrogen-bond acceptors (Lipinski definition) is 0. The minimum atomic E-state index is 0.996. The molecule has 0 heteroatoms. The van der Waals surface area contributed by atoms with E-state index in [1.165, 1.54) is 22.3 Å². The molecule has 0 spiro atoms. The van der Waals surface area contributed by atoms with Gasteiger partial charge >= 0.3 is 0 Å². The Morgan fingerprint density at radius 2 is 1.78 bits per heavy atom. The molecule has 0 aliphatic carbocycles. The van der Waals surface area contributed by atoms with Crippen LogP contribution >= 0.6 is 0 Å². The van der Waals surface area contributed by atoms with Crippen LogP contribution in [0.2, 0.25) is 0 Å². The van der Waals surface area contributed by atoms with Gasteiger partial charge in [-0.05, 0) is 60.9 Å². The predicted octanol–water partition coefficient (Wildman–Crippen LogP) is 4.53. The van der Waals surface area contributed by atoms with Gasteiger partial charge < -0.3 is 0 Å². The zero-order valence-electron chi connectivity index (χ0n) is 11.2. The molecule has 0 aliphatic heterocycles. The molecule has 92 valence electrons. The van der Waals surface area contributed by atoms with Crippen molar-refractivity contribution in [1.82, 2.24) is 0 Å². The Labute approximate surface area is 111 Å². The van der Waals surface area contributed by atoms with Crippen LogP contribution in [0.3, 0.4) is 0 Å². The van der Waals surface area contributed by atoms with Crippen LogP contribution < -0.4 is 0 Å². The summed E-state index contributed by atoms with van der Waals surface area (Å²) in [5, 5.41) is 0. The van der Waals surface area contributed by atoms with Crippen molar-refractivity contribution in [2.75, 3.05) is 0 Å². The molecule has 0 bridgehead atoms. The summed E-state index contributed by atoms with van der Waals surface area (Å²) in [6.45, 7) is 8.28. The Morgan fingerprint density at radius 3 is 2.44 bits per heavy atom. The van der Waals surface area contributed by atoms with Gasteiger partial charge in [-0.3, -0.25) is 0 Å². The lowest BCUT2D eigenvalue weighted by atomic mass is 9.97. The van der Waals surface area contributed by atoms with E-state index < -0.39 is 0 Å². The molecule has 0 saturated heterocycles. The molecule has 0 nitrogen and oxygen atoms in total. The van der Waals surface area contributed by atoms with E-state index in [0.717, 1.165) is 18.4 Å². The molecule has 0 amide bonds. The normalized spacial score (nSPS) is 10.6. The fourth-order valence-corrected chi connectivity index (χ4v) is 2.05. The molecule has 2 rings (SSSR count). The lowest BCUT2D eigenvalue weighted by Crippen LogP contribution is -1.94. The van der Waals surface area contributed by atoms with Crippen LogP contribution in [0, 0.1) is 20.3 Å². The standard InChI is InChI=1S/C18H20/c1-4-16-10-7-15(3)18(13-16)12-11-17-8-5-14(2)6-9-17/h5-11,13H,2,4,12H2,1,3H3. The molecule has 2 aromatic carbocycles. The second-order valence-electron chi connectivity index (χ2n) is 4.76. The van der Waals surface area contributed by atoms with E-state index in [4.69, 9.17) is 0 Å². The Bertz CT molecular complexity index is 506. The van der Waals surface area contributed by atoms with Gasteiger partial charge in [0.15, 0.2) is 0 Å². The molecule has 0 atom stereocenters. The first-order chi connectivity index (χ1) is 8.69. The summed E-state index contributed by atoms with van der Waals surface area (Å²) in [7, 11) is 0. The first-order valence-corrected chi connectivity index (χ1v) is 6.52. The molecule has 2 radical (unpaired) electrons. The summed E-state index contributed by atoms with van der Waals surface area (Å²) in [5.41, 5.74) is 6.54. The number of benzene rings is 2. The SMILES string of the molecule is [CH2]c1ccc([CH]Cc2cc(CC)ccc2C)cc1. The molecule has 0 N–H and O–H groups in total. The van der Waals surface area contributed by atoms with Crippen molar-refractivity contribution < 1.29 is 0 Å². The zero-order valence-corrected chi connectivity index (χ0v) is 11.2. The van der Waals surface area contributed by atoms with Crippen molar-refractivity contribution in [3.8, 4) is 0 Å². The smallest absolute Gasteiger partial charge is 0.00493 e. The maximum Gasteiger partial charge on any atom is -0.00493 e. The van der Waals surface area contributed by atoms with Crippen LogP contribution in [-0.4, -0.2) is 0 Å². The molecule has 18 heavy (non-hydrogen) atoms. The maximum atomic E-state index is 3.90. The summed E-state index contributed by atoms with van der Waals surface area (Å²) < 4.78 is 0. The fraction of sp³-hybridized carbons (Fsp3) is 0.222. The van der Waals surface area contributed by atoms with Gasteiger partial charge in [-0.15, -0.1) is 0 Å². The molecule has 0 unspecified atom stereocenters. The molecule has 0 aromatic heterocycles. The van der Waals surface area contributed by atoms with Gasteiger partial charge in [0, 0.05) is 0 Å². The van der Waals surface area contributed by atoms with Crippen LogP contribution in [-0.2, 0) is 12.8 Å². The number of aryl methyl sites for hydroxylation is 2. The van der Waals surface area contributed by atoms with Gasteiger partial charge in [-0.25, -0.2) is 0 Å². The van der Waals surface area contributed by atoms with Gasteiger partial charge in [0.25, 0.3) is 0 Å². The van der Waals surface area contributed by atoms with E-state index in [1.807, 2.05) is 0 Å². The molecule has 0 heterocycles. The van der Waals surface area contributed by atoms with Crippen LogP contribution in [0.25, 0.3) is 0 Å². The Morgan fingerprint density at radius 1 is 1.06 bits per heavy atom. The van der Waals surface area contributed by atoms with Crippen LogP contribution in [0.15, 0.2) is 42.5 Å². The minimum absolute atomic E-state index is 0.996. The summed E-state index contributed by atoms with van der Waals surface area (Å²) in [5.74, 6) is 0. The average molecular weight is 236 g/mol. The van der Waals surface area contributed by atoms with Crippen molar-refractivity contribution in [3.05, 3.63) is 83.6 Å². The maximum absolute atomic E-state index is 3.90. The monoisotopic (exact) mass is 236 g/mol. The Hall–Kier alpha value is -1.56. The highest BCUT2D eigenvalue weighted by Gasteiger charge is 2.01. The summed E-state index contributed by atoms with van der Waals surface area (Å²) >= 11 is 0. The van der Waals surface area contributed by atoms with E-state index >= 15 is 0 Å². The molecule has 0 fully saturated rings. The van der Waals surface area contributed by atoms with Gasteiger partial charge in [-0.1, -0.05) is 49.4 Å². The lowest BCUT2D eigenvalue weighted by molar-refractivity contribution is 1.08. The van der Waals surface area contributed by atoms with Gasteiger partial charge in [0.1, 0.15) is 0 Å². The van der Waals surface area contributed by atoms with Gasteiger partial charge in [0.05, 0.1) is 0 Å². The highest BCUT2D eigenvalue weighted by Crippen LogP contribution is 2.16. The van der Waals surface area contributed by atoms with E-state index in [-0.39, 0.29) is 0 Å². The summed E-state index contributed by atoms with van der Waals surface area (Å²) in [4.78, 5) is 0. The van der Waals surface area contributed by atoms with Crippen molar-refractivity contribution in [1.29, 1.82) is 0 Å². The van der Waals surface area contributed by atoms with Gasteiger partial charge in [-0.2, -0.15) is 0 Å². The molecular weight excluding hydrogens is 216 g/mol. The largest absolute Gasteiger partial charge is 0.0613 e. The molecule has 2 aromatic rings. The van der Waals surface area contributed by atoms with Crippen molar-refractivity contribution in [2.45, 2.75) is 26.7 Å². The first-order valence-electron chi connectivity index (χ1n) is 6.52. The van der Waals surface area contributed by atoms with Crippen molar-refractivity contribution in [2.24, 2.45) is 0 Å². The Kier molecular flexibility index (Phi) is 4.19. The van der Waals surface area contributed by atoms with Crippen molar-refractivity contribution in [3.63, 3.8) is 0 Å². The van der Waals surface area contributed by atoms with E-state index in [9.17, 15) is 0 Å².